The molecule has 21 heavy (non-hydrogen) atoms. The highest BCUT2D eigenvalue weighted by molar-refractivity contribution is 5.98. The van der Waals surface area contributed by atoms with E-state index in [0.717, 1.165) is 34.4 Å². The molecular weight excluding hydrogens is 268 g/mol. The molecule has 1 aromatic carbocycles. The highest BCUT2D eigenvalue weighted by atomic mass is 16.5. The van der Waals surface area contributed by atoms with E-state index in [0.29, 0.717) is 12.2 Å². The van der Waals surface area contributed by atoms with Gasteiger partial charge < -0.3 is 15.2 Å². The number of hydrogen-bond donors (Lipinski definition) is 2. The Morgan fingerprint density at radius 3 is 3.00 bits per heavy atom. The topological polar surface area (TPSA) is 71.5 Å². The molecule has 0 spiro atoms. The number of carbonyl (C=O) groups is 1. The van der Waals surface area contributed by atoms with Crippen LogP contribution in [0, 0.1) is 0 Å². The number of fused-ring (bicyclic) bond motifs is 2. The zero-order valence-electron chi connectivity index (χ0n) is 11.3. The number of anilines is 1. The lowest BCUT2D eigenvalue weighted by Gasteiger charge is -2.06. The quantitative estimate of drug-likeness (QED) is 0.876. The van der Waals surface area contributed by atoms with Gasteiger partial charge in [0.25, 0.3) is 0 Å². The number of aromatic nitrogens is 1. The van der Waals surface area contributed by atoms with Crippen molar-refractivity contribution in [2.75, 3.05) is 11.9 Å². The maximum Gasteiger partial charge on any atom is 0.230 e. The summed E-state index contributed by atoms with van der Waals surface area (Å²) in [4.78, 5) is 15.7. The molecule has 1 aromatic heterocycles. The zero-order valence-corrected chi connectivity index (χ0v) is 11.3. The Morgan fingerprint density at radius 1 is 1.29 bits per heavy atom. The number of hydrogen-bond acceptors (Lipinski definition) is 4. The number of carbonyl (C=O) groups excluding carboxylic acids is 1. The van der Waals surface area contributed by atoms with Crippen molar-refractivity contribution in [1.29, 1.82) is 0 Å². The summed E-state index contributed by atoms with van der Waals surface area (Å²) in [6.07, 6.45) is 2.73. The number of nitrogens with zero attached hydrogens (tertiary/aromatic N) is 1. The largest absolute Gasteiger partial charge is 0.487 e. The highest BCUT2D eigenvalue weighted by Crippen LogP contribution is 2.34. The van der Waals surface area contributed by atoms with Gasteiger partial charge in [-0.2, -0.15) is 0 Å². The van der Waals surface area contributed by atoms with Crippen molar-refractivity contribution in [2.24, 2.45) is 0 Å². The van der Waals surface area contributed by atoms with Crippen LogP contribution in [-0.2, 0) is 17.6 Å². The van der Waals surface area contributed by atoms with Crippen LogP contribution in [0.15, 0.2) is 30.5 Å². The smallest absolute Gasteiger partial charge is 0.230 e. The molecular formula is C16H14N2O3. The minimum absolute atomic E-state index is 0.0113. The monoisotopic (exact) mass is 282 g/mol. The number of nitrogens with one attached hydrogen (secondary N) is 1. The molecule has 2 aliphatic heterocycles. The zero-order chi connectivity index (χ0) is 14.4. The minimum atomic E-state index is -0.143. The maximum absolute atomic E-state index is 11.4. The van der Waals surface area contributed by atoms with Gasteiger partial charge in [0, 0.05) is 23.7 Å². The first kappa shape index (κ1) is 12.3. The van der Waals surface area contributed by atoms with Gasteiger partial charge in [0.05, 0.1) is 13.0 Å². The number of pyridine rings is 1. The van der Waals surface area contributed by atoms with E-state index < -0.39 is 0 Å². The fraction of sp³-hybridized carbons (Fsp3) is 0.250. The summed E-state index contributed by atoms with van der Waals surface area (Å²) in [6, 6.07) is 7.98. The summed E-state index contributed by atoms with van der Waals surface area (Å²) in [5, 5.41) is 11.9. The van der Waals surface area contributed by atoms with Crippen LogP contribution in [0.1, 0.15) is 11.1 Å². The van der Waals surface area contributed by atoms with Gasteiger partial charge in [-0.25, -0.2) is 4.98 Å². The summed E-state index contributed by atoms with van der Waals surface area (Å²) in [7, 11) is 0. The molecule has 0 fully saturated rings. The van der Waals surface area contributed by atoms with Gasteiger partial charge in [0.1, 0.15) is 17.7 Å². The first-order valence-electron chi connectivity index (χ1n) is 6.92. The highest BCUT2D eigenvalue weighted by Gasteiger charge is 2.23. The number of benzene rings is 1. The second kappa shape index (κ2) is 4.56. The first-order valence-corrected chi connectivity index (χ1v) is 6.92. The van der Waals surface area contributed by atoms with Gasteiger partial charge in [-0.15, -0.1) is 0 Å². The average molecular weight is 282 g/mol. The number of aliphatic hydroxyl groups excluding tert-OH is 1. The van der Waals surface area contributed by atoms with E-state index >= 15 is 0 Å². The molecule has 1 atom stereocenters. The normalized spacial score (nSPS) is 18.9. The Morgan fingerprint density at radius 2 is 2.14 bits per heavy atom. The van der Waals surface area contributed by atoms with Crippen molar-refractivity contribution >= 4 is 11.7 Å². The van der Waals surface area contributed by atoms with E-state index in [4.69, 9.17) is 4.74 Å². The molecule has 2 aliphatic rings. The predicted molar refractivity (Wildman–Crippen MR) is 77.2 cm³/mol. The van der Waals surface area contributed by atoms with Crippen LogP contribution >= 0.6 is 0 Å². The molecule has 0 saturated carbocycles. The van der Waals surface area contributed by atoms with Gasteiger partial charge in [-0.1, -0.05) is 6.07 Å². The average Bonchev–Trinajstić information content (AvgIpc) is 3.06. The predicted octanol–water partition coefficient (Wildman–Crippen LogP) is 1.54. The fourth-order valence-corrected chi connectivity index (χ4v) is 2.87. The third kappa shape index (κ3) is 2.06. The lowest BCUT2D eigenvalue weighted by molar-refractivity contribution is -0.115. The number of aliphatic hydroxyl groups is 1. The van der Waals surface area contributed by atoms with Crippen LogP contribution < -0.4 is 10.1 Å². The molecule has 3 heterocycles. The van der Waals surface area contributed by atoms with Crippen LogP contribution in [0.4, 0.5) is 5.82 Å². The Hall–Kier alpha value is -2.40. The second-order valence-electron chi connectivity index (χ2n) is 5.41. The number of ether oxygens (including phenoxy) is 1. The molecule has 2 N–H and O–H groups in total. The lowest BCUT2D eigenvalue weighted by Crippen LogP contribution is -2.17. The van der Waals surface area contributed by atoms with Gasteiger partial charge in [0.2, 0.25) is 5.91 Å². The molecule has 0 radical (unpaired) electrons. The van der Waals surface area contributed by atoms with Crippen LogP contribution in [0.2, 0.25) is 0 Å². The molecule has 1 unspecified atom stereocenters. The summed E-state index contributed by atoms with van der Waals surface area (Å²) < 4.78 is 5.61. The van der Waals surface area contributed by atoms with Crippen LogP contribution in [-0.4, -0.2) is 28.7 Å². The molecule has 5 nitrogen and oxygen atoms in total. The maximum atomic E-state index is 11.4. The van der Waals surface area contributed by atoms with Crippen molar-refractivity contribution in [2.45, 2.75) is 18.9 Å². The molecule has 5 heteroatoms. The van der Waals surface area contributed by atoms with E-state index in [-0.39, 0.29) is 18.6 Å². The summed E-state index contributed by atoms with van der Waals surface area (Å²) in [5.74, 6) is 1.49. The summed E-state index contributed by atoms with van der Waals surface area (Å²) >= 11 is 0. The molecule has 2 aromatic rings. The molecule has 4 rings (SSSR count). The third-order valence-electron chi connectivity index (χ3n) is 3.91. The van der Waals surface area contributed by atoms with E-state index in [2.05, 4.69) is 16.4 Å². The van der Waals surface area contributed by atoms with Gasteiger partial charge >= 0.3 is 0 Å². The third-order valence-corrected chi connectivity index (χ3v) is 3.91. The first-order chi connectivity index (χ1) is 10.2. The SMILES string of the molecule is O=C1Cc2cc(-c3ccc4c(c3)CC(CO)O4)cnc2N1. The second-order valence-corrected chi connectivity index (χ2v) is 5.41. The lowest BCUT2D eigenvalue weighted by atomic mass is 10.0. The standard InChI is InChI=1S/C16H14N2O3/c19-8-13-5-10-3-9(1-2-14(10)21-13)12-4-11-6-15(20)18-16(11)17-7-12/h1-4,7,13,19H,5-6,8H2,(H,17,18,20). The van der Waals surface area contributed by atoms with Crippen LogP contribution in [0.3, 0.4) is 0 Å². The summed E-state index contributed by atoms with van der Waals surface area (Å²) in [5.41, 5.74) is 4.06. The number of amides is 1. The fourth-order valence-electron chi connectivity index (χ4n) is 2.87. The van der Waals surface area contributed by atoms with Gasteiger partial charge in [0.15, 0.2) is 0 Å². The molecule has 0 saturated heterocycles. The van der Waals surface area contributed by atoms with Crippen molar-refractivity contribution in [3.63, 3.8) is 0 Å². The molecule has 0 bridgehead atoms. The Balaban J connectivity index is 1.69. The Bertz CT molecular complexity index is 742. The van der Waals surface area contributed by atoms with E-state index in [1.807, 2.05) is 18.2 Å². The minimum Gasteiger partial charge on any atom is -0.487 e. The van der Waals surface area contributed by atoms with Crippen LogP contribution in [0.25, 0.3) is 11.1 Å². The molecule has 1 amide bonds. The van der Waals surface area contributed by atoms with Crippen LogP contribution in [0.5, 0.6) is 5.75 Å². The van der Waals surface area contributed by atoms with Crippen molar-refractivity contribution in [3.05, 3.63) is 41.6 Å². The Labute approximate surface area is 121 Å². The van der Waals surface area contributed by atoms with Gasteiger partial charge in [-0.05, 0) is 29.3 Å². The Kier molecular flexibility index (Phi) is 2.68. The van der Waals surface area contributed by atoms with Crippen molar-refractivity contribution in [1.82, 2.24) is 4.98 Å². The summed E-state index contributed by atoms with van der Waals surface area (Å²) in [6.45, 7) is 0.0260. The van der Waals surface area contributed by atoms with Gasteiger partial charge in [-0.3, -0.25) is 4.79 Å². The van der Waals surface area contributed by atoms with Crippen molar-refractivity contribution in [3.8, 4) is 16.9 Å². The van der Waals surface area contributed by atoms with E-state index in [9.17, 15) is 9.90 Å². The van der Waals surface area contributed by atoms with E-state index in [1.165, 1.54) is 0 Å². The number of rotatable bonds is 2. The van der Waals surface area contributed by atoms with E-state index in [1.54, 1.807) is 6.20 Å². The molecule has 106 valence electrons. The van der Waals surface area contributed by atoms with Crippen molar-refractivity contribution < 1.29 is 14.6 Å². The molecule has 0 aliphatic carbocycles.